The van der Waals surface area contributed by atoms with Gasteiger partial charge in [-0.15, -0.1) is 0 Å². The first kappa shape index (κ1) is 12.5. The van der Waals surface area contributed by atoms with Crippen LogP contribution in [-0.4, -0.2) is 5.78 Å². The van der Waals surface area contributed by atoms with Crippen LogP contribution in [0.4, 0.5) is 4.39 Å². The van der Waals surface area contributed by atoms with E-state index in [0.29, 0.717) is 6.42 Å². The van der Waals surface area contributed by atoms with Crippen molar-refractivity contribution >= 4 is 21.7 Å². The summed E-state index contributed by atoms with van der Waals surface area (Å²) in [5, 5.41) is 0. The number of fused-ring (bicyclic) bond motifs is 1. The van der Waals surface area contributed by atoms with E-state index in [1.54, 1.807) is 6.07 Å². The van der Waals surface area contributed by atoms with Crippen LogP contribution in [0.2, 0.25) is 0 Å². The zero-order valence-electron chi connectivity index (χ0n) is 10.2. The van der Waals surface area contributed by atoms with Gasteiger partial charge >= 0.3 is 0 Å². The molecule has 0 N–H and O–H groups in total. The van der Waals surface area contributed by atoms with Gasteiger partial charge in [-0.2, -0.15) is 0 Å². The molecular formula is C16H12BrFO. The summed E-state index contributed by atoms with van der Waals surface area (Å²) < 4.78 is 13.8. The third-order valence-corrected chi connectivity index (χ3v) is 4.34. The van der Waals surface area contributed by atoms with Gasteiger partial charge in [-0.25, -0.2) is 4.39 Å². The van der Waals surface area contributed by atoms with Crippen LogP contribution in [0.3, 0.4) is 0 Å². The first-order chi connectivity index (χ1) is 9.15. The number of benzene rings is 2. The van der Waals surface area contributed by atoms with Crippen molar-refractivity contribution in [1.82, 2.24) is 0 Å². The van der Waals surface area contributed by atoms with E-state index in [2.05, 4.69) is 15.9 Å². The number of Topliss-reactive ketones (excluding diaryl/α,β-unsaturated/α-hetero) is 1. The zero-order valence-corrected chi connectivity index (χ0v) is 11.8. The molecule has 0 spiro atoms. The summed E-state index contributed by atoms with van der Waals surface area (Å²) in [4.78, 5) is 12.3. The molecule has 2 aromatic carbocycles. The first-order valence-corrected chi connectivity index (χ1v) is 7.00. The molecule has 0 saturated carbocycles. The molecule has 1 aliphatic rings. The van der Waals surface area contributed by atoms with Crippen molar-refractivity contribution in [3.63, 3.8) is 0 Å². The zero-order chi connectivity index (χ0) is 13.4. The highest BCUT2D eigenvalue weighted by atomic mass is 79.9. The molecule has 0 aromatic heterocycles. The van der Waals surface area contributed by atoms with E-state index in [-0.39, 0.29) is 17.5 Å². The molecular weight excluding hydrogens is 307 g/mol. The first-order valence-electron chi connectivity index (χ1n) is 6.21. The third kappa shape index (κ3) is 2.35. The fourth-order valence-corrected chi connectivity index (χ4v) is 3.15. The number of hydrogen-bond donors (Lipinski definition) is 0. The number of ketones is 1. The Hall–Kier alpha value is -1.48. The normalized spacial score (nSPS) is 17.6. The third-order valence-electron chi connectivity index (χ3n) is 3.60. The average Bonchev–Trinajstić information content (AvgIpc) is 2.70. The van der Waals surface area contributed by atoms with Crippen LogP contribution in [0.5, 0.6) is 0 Å². The number of halogens is 2. The summed E-state index contributed by atoms with van der Waals surface area (Å²) in [7, 11) is 0. The average molecular weight is 319 g/mol. The van der Waals surface area contributed by atoms with Gasteiger partial charge in [0.1, 0.15) is 5.82 Å². The predicted octanol–water partition coefficient (Wildman–Crippen LogP) is 4.19. The van der Waals surface area contributed by atoms with Crippen LogP contribution in [0.1, 0.15) is 21.5 Å². The topological polar surface area (TPSA) is 17.1 Å². The van der Waals surface area contributed by atoms with E-state index in [1.807, 2.05) is 24.3 Å². The molecule has 1 nitrogen and oxygen atoms in total. The fourth-order valence-electron chi connectivity index (χ4n) is 2.63. The second-order valence-electron chi connectivity index (χ2n) is 4.86. The van der Waals surface area contributed by atoms with Crippen molar-refractivity contribution in [3.8, 4) is 0 Å². The molecule has 1 aliphatic carbocycles. The second kappa shape index (κ2) is 4.89. The predicted molar refractivity (Wildman–Crippen MR) is 75.8 cm³/mol. The minimum absolute atomic E-state index is 0.0286. The number of carbonyl (C=O) groups is 1. The van der Waals surface area contributed by atoms with E-state index in [9.17, 15) is 9.18 Å². The molecule has 0 radical (unpaired) electrons. The van der Waals surface area contributed by atoms with Crippen molar-refractivity contribution in [2.45, 2.75) is 12.8 Å². The Morgan fingerprint density at radius 1 is 1.21 bits per heavy atom. The molecule has 0 saturated heterocycles. The molecule has 3 rings (SSSR count). The van der Waals surface area contributed by atoms with Crippen LogP contribution < -0.4 is 0 Å². The maximum Gasteiger partial charge on any atom is 0.166 e. The Kier molecular flexibility index (Phi) is 3.23. The lowest BCUT2D eigenvalue weighted by Crippen LogP contribution is -2.12. The van der Waals surface area contributed by atoms with Gasteiger partial charge in [0.2, 0.25) is 0 Å². The van der Waals surface area contributed by atoms with Crippen LogP contribution in [-0.2, 0) is 12.8 Å². The summed E-state index contributed by atoms with van der Waals surface area (Å²) in [6.45, 7) is 0. The fraction of sp³-hybridized carbons (Fsp3) is 0.188. The molecule has 1 unspecified atom stereocenters. The standard InChI is InChI=1S/C16H12BrFO/c17-15-9-13(18)6-5-11(15)8-12-7-10-3-1-2-4-14(10)16(12)19/h1-6,9,12H,7-8H2. The summed E-state index contributed by atoms with van der Waals surface area (Å²) >= 11 is 3.36. The number of hydrogen-bond acceptors (Lipinski definition) is 1. The molecule has 0 fully saturated rings. The van der Waals surface area contributed by atoms with Crippen molar-refractivity contribution < 1.29 is 9.18 Å². The molecule has 3 heteroatoms. The molecule has 0 heterocycles. The molecule has 1 atom stereocenters. The van der Waals surface area contributed by atoms with Crippen LogP contribution >= 0.6 is 15.9 Å². The van der Waals surface area contributed by atoms with Crippen molar-refractivity contribution in [1.29, 1.82) is 0 Å². The van der Waals surface area contributed by atoms with Gasteiger partial charge in [-0.3, -0.25) is 4.79 Å². The molecule has 0 aliphatic heterocycles. The van der Waals surface area contributed by atoms with Crippen molar-refractivity contribution in [2.75, 3.05) is 0 Å². The Bertz CT molecular complexity index is 651. The van der Waals surface area contributed by atoms with Crippen LogP contribution in [0, 0.1) is 11.7 Å². The lowest BCUT2D eigenvalue weighted by Gasteiger charge is -2.09. The molecule has 0 bridgehead atoms. The van der Waals surface area contributed by atoms with Crippen LogP contribution in [0.25, 0.3) is 0 Å². The van der Waals surface area contributed by atoms with Crippen LogP contribution in [0.15, 0.2) is 46.9 Å². The van der Waals surface area contributed by atoms with Gasteiger partial charge in [0, 0.05) is 16.0 Å². The smallest absolute Gasteiger partial charge is 0.166 e. The second-order valence-corrected chi connectivity index (χ2v) is 5.72. The molecule has 2 aromatic rings. The SMILES string of the molecule is O=C1c2ccccc2CC1Cc1ccc(F)cc1Br. The quantitative estimate of drug-likeness (QED) is 0.811. The van der Waals surface area contributed by atoms with E-state index in [1.165, 1.54) is 12.1 Å². The van der Waals surface area contributed by atoms with Gasteiger partial charge in [-0.1, -0.05) is 46.3 Å². The minimum atomic E-state index is -0.267. The van der Waals surface area contributed by atoms with Gasteiger partial charge in [0.05, 0.1) is 0 Å². The Balaban J connectivity index is 1.85. The van der Waals surface area contributed by atoms with Gasteiger partial charge in [0.25, 0.3) is 0 Å². The Morgan fingerprint density at radius 2 is 2.00 bits per heavy atom. The maximum absolute atomic E-state index is 13.1. The van der Waals surface area contributed by atoms with Gasteiger partial charge in [0.15, 0.2) is 5.78 Å². The lowest BCUT2D eigenvalue weighted by molar-refractivity contribution is 0.0936. The van der Waals surface area contributed by atoms with Gasteiger partial charge < -0.3 is 0 Å². The Labute approximate surface area is 119 Å². The van der Waals surface area contributed by atoms with Crippen molar-refractivity contribution in [3.05, 3.63) is 69.4 Å². The number of rotatable bonds is 2. The van der Waals surface area contributed by atoms with E-state index < -0.39 is 0 Å². The Morgan fingerprint density at radius 3 is 2.74 bits per heavy atom. The summed E-state index contributed by atoms with van der Waals surface area (Å²) in [6.07, 6.45) is 1.42. The van der Waals surface area contributed by atoms with E-state index >= 15 is 0 Å². The van der Waals surface area contributed by atoms with Gasteiger partial charge in [-0.05, 0) is 36.1 Å². The summed E-state index contributed by atoms with van der Waals surface area (Å²) in [5.41, 5.74) is 2.94. The number of carbonyl (C=O) groups excluding carboxylic acids is 1. The summed E-state index contributed by atoms with van der Waals surface area (Å²) in [5.74, 6) is -0.0948. The largest absolute Gasteiger partial charge is 0.294 e. The highest BCUT2D eigenvalue weighted by molar-refractivity contribution is 9.10. The minimum Gasteiger partial charge on any atom is -0.294 e. The molecule has 19 heavy (non-hydrogen) atoms. The highest BCUT2D eigenvalue weighted by Crippen LogP contribution is 2.31. The molecule has 96 valence electrons. The van der Waals surface area contributed by atoms with Crippen molar-refractivity contribution in [2.24, 2.45) is 5.92 Å². The van der Waals surface area contributed by atoms with E-state index in [0.717, 1.165) is 27.6 Å². The maximum atomic E-state index is 13.1. The summed E-state index contributed by atoms with van der Waals surface area (Å²) in [6, 6.07) is 12.4. The highest BCUT2D eigenvalue weighted by Gasteiger charge is 2.30. The van der Waals surface area contributed by atoms with E-state index in [4.69, 9.17) is 0 Å². The lowest BCUT2D eigenvalue weighted by atomic mass is 9.96. The monoisotopic (exact) mass is 318 g/mol. The molecule has 0 amide bonds.